The number of aliphatic carboxylic acids is 1. The van der Waals surface area contributed by atoms with Gasteiger partial charge in [-0.05, 0) is 48.3 Å². The maximum Gasteiger partial charge on any atom is 0.309 e. The van der Waals surface area contributed by atoms with Crippen LogP contribution in [0.3, 0.4) is 0 Å². The van der Waals surface area contributed by atoms with Crippen LogP contribution < -0.4 is 0 Å². The molecular weight excluding hydrogens is 290 g/mol. The van der Waals surface area contributed by atoms with E-state index < -0.39 is 11.4 Å². The molecule has 16 heavy (non-hydrogen) atoms. The molecule has 1 N–H and O–H groups in total. The van der Waals surface area contributed by atoms with Gasteiger partial charge >= 0.3 is 5.97 Å². The molecule has 5 heteroatoms. The molecule has 0 amide bonds. The maximum atomic E-state index is 10.9. The zero-order chi connectivity index (χ0) is 12.2. The third kappa shape index (κ3) is 4.14. The first kappa shape index (κ1) is 13.5. The van der Waals surface area contributed by atoms with Crippen LogP contribution in [-0.2, 0) is 4.79 Å². The van der Waals surface area contributed by atoms with Crippen molar-refractivity contribution in [2.24, 2.45) is 5.41 Å². The number of carboxylic acid groups (broad SMARTS) is 1. The summed E-state index contributed by atoms with van der Waals surface area (Å²) < 4.78 is 0.947. The van der Waals surface area contributed by atoms with Crippen LogP contribution >= 0.6 is 27.7 Å². The van der Waals surface area contributed by atoms with Crippen molar-refractivity contribution in [3.05, 3.63) is 22.8 Å². The topological polar surface area (TPSA) is 50.2 Å². The van der Waals surface area contributed by atoms with E-state index in [-0.39, 0.29) is 0 Å². The summed E-state index contributed by atoms with van der Waals surface area (Å²) in [4.78, 5) is 15.1. The fourth-order valence-electron chi connectivity index (χ4n) is 0.965. The van der Waals surface area contributed by atoms with Gasteiger partial charge in [-0.1, -0.05) is 0 Å². The normalized spacial score (nSPS) is 11.4. The highest BCUT2D eigenvalue weighted by Gasteiger charge is 2.26. The molecule has 0 fully saturated rings. The van der Waals surface area contributed by atoms with E-state index in [1.54, 1.807) is 31.8 Å². The van der Waals surface area contributed by atoms with Crippen LogP contribution in [0.15, 0.2) is 27.8 Å². The quantitative estimate of drug-likeness (QED) is 0.847. The number of nitrogens with zero attached hydrogens (tertiary/aromatic N) is 1. The number of hydrogen-bond acceptors (Lipinski definition) is 3. The summed E-state index contributed by atoms with van der Waals surface area (Å²) in [6, 6.07) is 3.85. The molecule has 1 aromatic heterocycles. The molecule has 0 spiro atoms. The van der Waals surface area contributed by atoms with Gasteiger partial charge in [0, 0.05) is 16.4 Å². The number of carbonyl (C=O) groups is 1. The molecule has 0 aliphatic rings. The minimum absolute atomic E-state index is 0.630. The first-order valence-corrected chi connectivity index (χ1v) is 6.67. The van der Waals surface area contributed by atoms with Crippen LogP contribution in [0.2, 0.25) is 0 Å². The molecule has 1 heterocycles. The van der Waals surface area contributed by atoms with Gasteiger partial charge in [-0.15, -0.1) is 11.8 Å². The lowest BCUT2D eigenvalue weighted by atomic mass is 9.91. The van der Waals surface area contributed by atoms with Gasteiger partial charge in [-0.2, -0.15) is 0 Å². The van der Waals surface area contributed by atoms with Crippen molar-refractivity contribution in [1.29, 1.82) is 0 Å². The van der Waals surface area contributed by atoms with Crippen LogP contribution in [0.25, 0.3) is 0 Å². The molecule has 0 saturated carbocycles. The Bertz CT molecular complexity index is 365. The molecule has 0 unspecified atom stereocenters. The summed E-state index contributed by atoms with van der Waals surface area (Å²) in [5.74, 6) is 0.00497. The van der Waals surface area contributed by atoms with Gasteiger partial charge in [0.15, 0.2) is 0 Å². The summed E-state index contributed by atoms with van der Waals surface area (Å²) in [7, 11) is 0. The second-order valence-corrected chi connectivity index (χ2v) is 6.13. The largest absolute Gasteiger partial charge is 0.481 e. The van der Waals surface area contributed by atoms with E-state index in [0.717, 1.165) is 15.3 Å². The number of thioether (sulfide) groups is 1. The van der Waals surface area contributed by atoms with E-state index in [9.17, 15) is 4.79 Å². The zero-order valence-corrected chi connectivity index (χ0v) is 11.6. The Morgan fingerprint density at radius 2 is 2.25 bits per heavy atom. The highest BCUT2D eigenvalue weighted by atomic mass is 79.9. The van der Waals surface area contributed by atoms with E-state index in [4.69, 9.17) is 5.11 Å². The molecular formula is C11H14BrNO2S. The Morgan fingerprint density at radius 3 is 2.75 bits per heavy atom. The Morgan fingerprint density at radius 1 is 1.56 bits per heavy atom. The third-order valence-electron chi connectivity index (χ3n) is 2.26. The van der Waals surface area contributed by atoms with Gasteiger partial charge in [-0.25, -0.2) is 4.98 Å². The van der Waals surface area contributed by atoms with Gasteiger partial charge in [-0.3, -0.25) is 4.79 Å². The van der Waals surface area contributed by atoms with E-state index in [1.807, 2.05) is 12.1 Å². The lowest BCUT2D eigenvalue weighted by molar-refractivity contribution is -0.146. The highest BCUT2D eigenvalue weighted by Crippen LogP contribution is 2.26. The maximum absolute atomic E-state index is 10.9. The smallest absolute Gasteiger partial charge is 0.309 e. The molecule has 0 saturated heterocycles. The molecule has 0 aliphatic heterocycles. The van der Waals surface area contributed by atoms with Crippen LogP contribution in [0.1, 0.15) is 20.3 Å². The van der Waals surface area contributed by atoms with Gasteiger partial charge in [0.25, 0.3) is 0 Å². The van der Waals surface area contributed by atoms with Crippen molar-refractivity contribution in [3.63, 3.8) is 0 Å². The number of pyridine rings is 1. The van der Waals surface area contributed by atoms with Crippen molar-refractivity contribution in [2.75, 3.05) is 5.75 Å². The van der Waals surface area contributed by atoms with Crippen LogP contribution in [0.5, 0.6) is 0 Å². The summed E-state index contributed by atoms with van der Waals surface area (Å²) in [6.45, 7) is 3.48. The van der Waals surface area contributed by atoms with E-state index in [1.165, 1.54) is 0 Å². The molecule has 0 aliphatic carbocycles. The highest BCUT2D eigenvalue weighted by molar-refractivity contribution is 9.10. The molecule has 0 aromatic carbocycles. The second kappa shape index (κ2) is 5.68. The van der Waals surface area contributed by atoms with Gasteiger partial charge in [0.05, 0.1) is 10.4 Å². The first-order chi connectivity index (χ1) is 7.42. The Labute approximate surface area is 108 Å². The summed E-state index contributed by atoms with van der Waals surface area (Å²) >= 11 is 4.89. The van der Waals surface area contributed by atoms with Crippen molar-refractivity contribution in [2.45, 2.75) is 25.3 Å². The van der Waals surface area contributed by atoms with Crippen molar-refractivity contribution < 1.29 is 9.90 Å². The summed E-state index contributed by atoms with van der Waals surface area (Å²) in [5, 5.41) is 9.86. The van der Waals surface area contributed by atoms with E-state index >= 15 is 0 Å². The predicted molar refractivity (Wildman–Crippen MR) is 68.7 cm³/mol. The van der Waals surface area contributed by atoms with Crippen molar-refractivity contribution in [3.8, 4) is 0 Å². The lowest BCUT2D eigenvalue weighted by Gasteiger charge is -2.17. The summed E-state index contributed by atoms with van der Waals surface area (Å²) in [5.41, 5.74) is -0.664. The predicted octanol–water partition coefficient (Wildman–Crippen LogP) is 3.44. The van der Waals surface area contributed by atoms with Crippen LogP contribution in [0, 0.1) is 5.41 Å². The minimum Gasteiger partial charge on any atom is -0.481 e. The number of hydrogen-bond donors (Lipinski definition) is 1. The van der Waals surface area contributed by atoms with Gasteiger partial charge in [0.2, 0.25) is 0 Å². The SMILES string of the molecule is CC(C)(CCSc1ccc(Br)cn1)C(=O)O. The molecule has 0 radical (unpaired) electrons. The van der Waals surface area contributed by atoms with Gasteiger partial charge < -0.3 is 5.11 Å². The monoisotopic (exact) mass is 303 g/mol. The number of rotatable bonds is 5. The Kier molecular flexibility index (Phi) is 4.80. The number of halogens is 1. The number of aromatic nitrogens is 1. The molecule has 3 nitrogen and oxygen atoms in total. The van der Waals surface area contributed by atoms with Crippen molar-refractivity contribution in [1.82, 2.24) is 4.98 Å². The van der Waals surface area contributed by atoms with Crippen LogP contribution in [0.4, 0.5) is 0 Å². The molecule has 0 bridgehead atoms. The van der Waals surface area contributed by atoms with Gasteiger partial charge in [0.1, 0.15) is 0 Å². The second-order valence-electron chi connectivity index (χ2n) is 4.10. The number of carboxylic acids is 1. The van der Waals surface area contributed by atoms with Crippen LogP contribution in [-0.4, -0.2) is 21.8 Å². The molecule has 1 rings (SSSR count). The van der Waals surface area contributed by atoms with Crippen molar-refractivity contribution >= 4 is 33.7 Å². The van der Waals surface area contributed by atoms with E-state index in [2.05, 4.69) is 20.9 Å². The average Bonchev–Trinajstić information content (AvgIpc) is 2.20. The fraction of sp³-hybridized carbons (Fsp3) is 0.455. The standard InChI is InChI=1S/C11H14BrNO2S/c1-11(2,10(14)15)5-6-16-9-4-3-8(12)7-13-9/h3-4,7H,5-6H2,1-2H3,(H,14,15). The Hall–Kier alpha value is -0.550. The molecule has 1 aromatic rings. The molecule has 0 atom stereocenters. The first-order valence-electron chi connectivity index (χ1n) is 4.89. The third-order valence-corrected chi connectivity index (χ3v) is 3.67. The minimum atomic E-state index is -0.753. The molecule has 88 valence electrons. The zero-order valence-electron chi connectivity index (χ0n) is 9.24. The Balaban J connectivity index is 2.41. The fourth-order valence-corrected chi connectivity index (χ4v) is 2.31. The van der Waals surface area contributed by atoms with E-state index in [0.29, 0.717) is 6.42 Å². The summed E-state index contributed by atoms with van der Waals surface area (Å²) in [6.07, 6.45) is 2.37. The average molecular weight is 304 g/mol. The lowest BCUT2D eigenvalue weighted by Crippen LogP contribution is -2.24.